The Morgan fingerprint density at radius 2 is 2.03 bits per heavy atom. The molecule has 2 atom stereocenters. The first-order valence-corrected chi connectivity index (χ1v) is 10.8. The van der Waals surface area contributed by atoms with E-state index in [0.29, 0.717) is 17.9 Å². The number of allylic oxidation sites excluding steroid dienone is 1. The van der Waals surface area contributed by atoms with Gasteiger partial charge in [0.2, 0.25) is 6.79 Å². The van der Waals surface area contributed by atoms with E-state index < -0.39 is 23.2 Å². The maximum atomic E-state index is 13.4. The van der Waals surface area contributed by atoms with Gasteiger partial charge in [-0.2, -0.15) is 0 Å². The Morgan fingerprint density at radius 3 is 2.74 bits per heavy atom. The molecule has 1 aromatic carbocycles. The van der Waals surface area contributed by atoms with Gasteiger partial charge in [-0.15, -0.1) is 0 Å². The summed E-state index contributed by atoms with van der Waals surface area (Å²) < 4.78 is 27.6. The third-order valence-electron chi connectivity index (χ3n) is 5.02. The van der Waals surface area contributed by atoms with Crippen molar-refractivity contribution in [1.82, 2.24) is 5.32 Å². The van der Waals surface area contributed by atoms with Crippen LogP contribution < -0.4 is 14.8 Å². The summed E-state index contributed by atoms with van der Waals surface area (Å²) in [5.74, 6) is 1.20. The Balaban J connectivity index is 1.87. The lowest BCUT2D eigenvalue weighted by molar-refractivity contribution is -0.129. The molecule has 1 aliphatic heterocycles. The topological polar surface area (TPSA) is 92.3 Å². The van der Waals surface area contributed by atoms with Crippen LogP contribution in [-0.2, 0) is 24.4 Å². The number of ether oxygens (including phenoxy) is 5. The molecular formula is C22H28BrNO7. The smallest absolute Gasteiger partial charge is 0.407 e. The van der Waals surface area contributed by atoms with Crippen LogP contribution >= 0.6 is 15.9 Å². The van der Waals surface area contributed by atoms with Crippen molar-refractivity contribution < 1.29 is 33.3 Å². The lowest BCUT2D eigenvalue weighted by Gasteiger charge is -2.36. The molecule has 1 amide bonds. The number of carbonyl (C=O) groups is 2. The van der Waals surface area contributed by atoms with Crippen molar-refractivity contribution in [2.75, 3.05) is 27.2 Å². The van der Waals surface area contributed by atoms with Crippen molar-refractivity contribution in [3.05, 3.63) is 34.3 Å². The number of halogens is 1. The highest BCUT2D eigenvalue weighted by Gasteiger charge is 2.44. The normalized spacial score (nSPS) is 22.8. The maximum Gasteiger partial charge on any atom is 0.407 e. The van der Waals surface area contributed by atoms with Crippen LogP contribution in [0, 0.1) is 0 Å². The fraction of sp³-hybridized carbons (Fsp3) is 0.545. The van der Waals surface area contributed by atoms with E-state index in [1.165, 1.54) is 7.11 Å². The van der Waals surface area contributed by atoms with Gasteiger partial charge < -0.3 is 29.0 Å². The SMILES string of the molecule is COCO[C@@H]1CC(=O)[C@@](CCNC(=O)OC(C)(C)C)(c2ccc3c(c2)OCO3)C=C1Br. The van der Waals surface area contributed by atoms with Crippen LogP contribution in [0.1, 0.15) is 39.2 Å². The van der Waals surface area contributed by atoms with Gasteiger partial charge in [0, 0.05) is 24.6 Å². The van der Waals surface area contributed by atoms with Gasteiger partial charge in [0.15, 0.2) is 11.5 Å². The molecule has 2 aliphatic rings. The zero-order chi connectivity index (χ0) is 22.6. The molecule has 0 saturated carbocycles. The maximum absolute atomic E-state index is 13.4. The van der Waals surface area contributed by atoms with Gasteiger partial charge in [0.25, 0.3) is 0 Å². The highest BCUT2D eigenvalue weighted by molar-refractivity contribution is 9.11. The highest BCUT2D eigenvalue weighted by Crippen LogP contribution is 2.44. The molecule has 8 nitrogen and oxygen atoms in total. The summed E-state index contributed by atoms with van der Waals surface area (Å²) in [5.41, 5.74) is -0.814. The van der Waals surface area contributed by atoms with Crippen LogP contribution in [0.25, 0.3) is 0 Å². The minimum atomic E-state index is -0.970. The lowest BCUT2D eigenvalue weighted by Crippen LogP contribution is -2.44. The van der Waals surface area contributed by atoms with E-state index in [4.69, 9.17) is 23.7 Å². The summed E-state index contributed by atoms with van der Waals surface area (Å²) in [6, 6.07) is 5.47. The Morgan fingerprint density at radius 1 is 1.29 bits per heavy atom. The summed E-state index contributed by atoms with van der Waals surface area (Å²) in [7, 11) is 1.53. The first-order valence-electron chi connectivity index (χ1n) is 10.0. The average Bonchev–Trinajstić information content (AvgIpc) is 3.15. The minimum Gasteiger partial charge on any atom is -0.454 e. The van der Waals surface area contributed by atoms with E-state index in [2.05, 4.69) is 21.2 Å². The van der Waals surface area contributed by atoms with Crippen molar-refractivity contribution in [2.24, 2.45) is 0 Å². The Bertz CT molecular complexity index is 864. The van der Waals surface area contributed by atoms with Gasteiger partial charge in [-0.1, -0.05) is 28.1 Å². The molecule has 0 unspecified atom stereocenters. The number of Topliss-reactive ketones (excluding diaryl/α,β-unsaturated/α-hetero) is 1. The van der Waals surface area contributed by atoms with Crippen LogP contribution in [0.4, 0.5) is 4.79 Å². The molecule has 0 saturated heterocycles. The van der Waals surface area contributed by atoms with Crippen LogP contribution in [0.2, 0.25) is 0 Å². The van der Waals surface area contributed by atoms with Crippen molar-refractivity contribution in [3.8, 4) is 11.5 Å². The molecule has 9 heteroatoms. The Labute approximate surface area is 190 Å². The molecule has 0 radical (unpaired) electrons. The summed E-state index contributed by atoms with van der Waals surface area (Å²) in [6.07, 6.45) is 1.42. The molecule has 0 fully saturated rings. The second kappa shape index (κ2) is 9.58. The Hall–Kier alpha value is -2.10. The number of amides is 1. The summed E-state index contributed by atoms with van der Waals surface area (Å²) in [5, 5.41) is 2.75. The summed E-state index contributed by atoms with van der Waals surface area (Å²) in [6.45, 7) is 5.86. The lowest BCUT2D eigenvalue weighted by atomic mass is 9.69. The number of fused-ring (bicyclic) bond motifs is 1. The number of nitrogens with one attached hydrogen (secondary N) is 1. The van der Waals surface area contributed by atoms with E-state index in [1.54, 1.807) is 26.8 Å². The van der Waals surface area contributed by atoms with E-state index in [-0.39, 0.29) is 32.3 Å². The number of methoxy groups -OCH3 is 1. The van der Waals surface area contributed by atoms with Crippen LogP contribution in [0.15, 0.2) is 28.8 Å². The van der Waals surface area contributed by atoms with Crippen molar-refractivity contribution in [1.29, 1.82) is 0 Å². The largest absolute Gasteiger partial charge is 0.454 e. The number of benzene rings is 1. The fourth-order valence-corrected chi connectivity index (χ4v) is 4.28. The fourth-order valence-electron chi connectivity index (χ4n) is 3.60. The standard InChI is InChI=1S/C22H28BrNO7/c1-21(2,3)31-20(26)24-8-7-22(14-5-6-16-18(9-14)30-13-29-16)11-15(23)17(10-19(22)25)28-12-27-4/h5-6,9,11,17H,7-8,10,12-13H2,1-4H3,(H,24,26)/t17-,22-/m1/s1. The molecule has 31 heavy (non-hydrogen) atoms. The molecule has 1 heterocycles. The first-order chi connectivity index (χ1) is 14.6. The van der Waals surface area contributed by atoms with Gasteiger partial charge in [-0.3, -0.25) is 4.79 Å². The Kier molecular flexibility index (Phi) is 7.28. The van der Waals surface area contributed by atoms with E-state index >= 15 is 0 Å². The van der Waals surface area contributed by atoms with Gasteiger partial charge >= 0.3 is 6.09 Å². The number of carbonyl (C=O) groups excluding carboxylic acids is 2. The van der Waals surface area contributed by atoms with Gasteiger partial charge in [0.05, 0.1) is 11.5 Å². The first kappa shape index (κ1) is 23.6. The third kappa shape index (κ3) is 5.58. The molecule has 1 N–H and O–H groups in total. The van der Waals surface area contributed by atoms with E-state index in [0.717, 1.165) is 10.0 Å². The molecule has 1 aliphatic carbocycles. The zero-order valence-electron chi connectivity index (χ0n) is 18.2. The highest BCUT2D eigenvalue weighted by atomic mass is 79.9. The second-order valence-corrected chi connectivity index (χ2v) is 9.35. The quantitative estimate of drug-likeness (QED) is 0.572. The number of alkyl carbamates (subject to hydrolysis) is 1. The minimum absolute atomic E-state index is 0.0262. The van der Waals surface area contributed by atoms with Crippen molar-refractivity contribution in [3.63, 3.8) is 0 Å². The van der Waals surface area contributed by atoms with Gasteiger partial charge in [-0.05, 0) is 44.9 Å². The third-order valence-corrected chi connectivity index (χ3v) is 5.76. The molecule has 1 aromatic rings. The summed E-state index contributed by atoms with van der Waals surface area (Å²) >= 11 is 3.57. The monoisotopic (exact) mass is 497 g/mol. The molecular weight excluding hydrogens is 470 g/mol. The molecule has 170 valence electrons. The summed E-state index contributed by atoms with van der Waals surface area (Å²) in [4.78, 5) is 25.5. The van der Waals surface area contributed by atoms with E-state index in [1.807, 2.05) is 18.2 Å². The average molecular weight is 498 g/mol. The second-order valence-electron chi connectivity index (χ2n) is 8.44. The number of ketones is 1. The molecule has 0 aromatic heterocycles. The van der Waals surface area contributed by atoms with Gasteiger partial charge in [-0.25, -0.2) is 4.79 Å². The van der Waals surface area contributed by atoms with Crippen molar-refractivity contribution in [2.45, 2.75) is 50.7 Å². The molecule has 0 bridgehead atoms. The van der Waals surface area contributed by atoms with Crippen LogP contribution in [0.3, 0.4) is 0 Å². The predicted octanol–water partition coefficient (Wildman–Crippen LogP) is 3.81. The number of rotatable bonds is 7. The number of hydrogen-bond donors (Lipinski definition) is 1. The van der Waals surface area contributed by atoms with Gasteiger partial charge in [0.1, 0.15) is 18.2 Å². The van der Waals surface area contributed by atoms with Crippen LogP contribution in [-0.4, -0.2) is 50.8 Å². The number of hydrogen-bond acceptors (Lipinski definition) is 7. The predicted molar refractivity (Wildman–Crippen MR) is 116 cm³/mol. The molecule has 3 rings (SSSR count). The van der Waals surface area contributed by atoms with Crippen LogP contribution in [0.5, 0.6) is 11.5 Å². The zero-order valence-corrected chi connectivity index (χ0v) is 19.7. The van der Waals surface area contributed by atoms with E-state index in [9.17, 15) is 9.59 Å². The van der Waals surface area contributed by atoms with Crippen molar-refractivity contribution >= 4 is 27.8 Å². The molecule has 0 spiro atoms.